The van der Waals surface area contributed by atoms with Gasteiger partial charge in [-0.3, -0.25) is 9.59 Å². The minimum atomic E-state index is -0.756. The summed E-state index contributed by atoms with van der Waals surface area (Å²) in [7, 11) is 0. The summed E-state index contributed by atoms with van der Waals surface area (Å²) < 4.78 is 11.0. The van der Waals surface area contributed by atoms with Gasteiger partial charge in [-0.15, -0.1) is 11.8 Å². The second kappa shape index (κ2) is 14.7. The molecule has 2 N–H and O–H groups in total. The molecule has 3 amide bonds. The summed E-state index contributed by atoms with van der Waals surface area (Å²) in [5.41, 5.74) is 2.37. The maximum absolute atomic E-state index is 13.4. The maximum Gasteiger partial charge on any atom is 0.330 e. The summed E-state index contributed by atoms with van der Waals surface area (Å²) >= 11 is 1.52. The van der Waals surface area contributed by atoms with Gasteiger partial charge in [-0.05, 0) is 49.6 Å². The standard InChI is InChI=1S/C33H37N3O6S/c1-33(2,3)42-31(39)27-22-43-29(18-23-11-6-4-7-12-23)36(27)28(37)20-34-32(40)35-26-16-10-15-25(17-26)19-30(38)41-21-24-13-8-5-9-14-24/h4-17,27,29H,18-22H2,1-3H3,(H2,34,35,40)/t27-,29?/m0/s1. The van der Waals surface area contributed by atoms with E-state index in [1.165, 1.54) is 16.7 Å². The van der Waals surface area contributed by atoms with Crippen molar-refractivity contribution in [2.45, 2.75) is 57.2 Å². The zero-order chi connectivity index (χ0) is 30.8. The molecule has 3 aromatic rings. The van der Waals surface area contributed by atoms with Crippen LogP contribution < -0.4 is 10.6 Å². The molecule has 1 unspecified atom stereocenters. The molecule has 1 aliphatic heterocycles. The number of thioether (sulfide) groups is 1. The van der Waals surface area contributed by atoms with Gasteiger partial charge in [0.05, 0.1) is 18.3 Å². The molecule has 10 heteroatoms. The van der Waals surface area contributed by atoms with Crippen LogP contribution >= 0.6 is 11.8 Å². The third-order valence-corrected chi connectivity index (χ3v) is 7.78. The zero-order valence-corrected chi connectivity index (χ0v) is 25.4. The summed E-state index contributed by atoms with van der Waals surface area (Å²) in [5.74, 6) is -0.825. The molecule has 4 rings (SSSR count). The average molecular weight is 604 g/mol. The van der Waals surface area contributed by atoms with E-state index in [4.69, 9.17) is 9.47 Å². The predicted molar refractivity (Wildman–Crippen MR) is 166 cm³/mol. The molecule has 3 aromatic carbocycles. The number of rotatable bonds is 10. The van der Waals surface area contributed by atoms with E-state index >= 15 is 0 Å². The van der Waals surface area contributed by atoms with Gasteiger partial charge < -0.3 is 25.0 Å². The SMILES string of the molecule is CC(C)(C)OC(=O)[C@@H]1CSC(Cc2ccccc2)N1C(=O)CNC(=O)Nc1cccc(CC(=O)OCc2ccccc2)c1. The largest absolute Gasteiger partial charge is 0.461 e. The average Bonchev–Trinajstić information content (AvgIpc) is 3.39. The molecule has 0 spiro atoms. The van der Waals surface area contributed by atoms with Crippen molar-refractivity contribution in [1.82, 2.24) is 10.2 Å². The highest BCUT2D eigenvalue weighted by molar-refractivity contribution is 8.00. The lowest BCUT2D eigenvalue weighted by molar-refractivity contribution is -0.163. The lowest BCUT2D eigenvalue weighted by Gasteiger charge is -2.30. The van der Waals surface area contributed by atoms with E-state index in [1.54, 1.807) is 45.0 Å². The first-order valence-electron chi connectivity index (χ1n) is 14.1. The Kier molecular flexibility index (Phi) is 10.8. The molecule has 0 bridgehead atoms. The Bertz CT molecular complexity index is 1410. The number of urea groups is 1. The van der Waals surface area contributed by atoms with Crippen LogP contribution in [0.4, 0.5) is 10.5 Å². The fourth-order valence-electron chi connectivity index (χ4n) is 4.56. The van der Waals surface area contributed by atoms with Crippen molar-refractivity contribution in [2.24, 2.45) is 0 Å². The zero-order valence-electron chi connectivity index (χ0n) is 24.6. The molecule has 0 aromatic heterocycles. The summed E-state index contributed by atoms with van der Waals surface area (Å²) in [6, 6.07) is 24.7. The number of carbonyl (C=O) groups is 4. The monoisotopic (exact) mass is 603 g/mol. The number of amides is 3. The molecule has 0 radical (unpaired) electrons. The smallest absolute Gasteiger partial charge is 0.330 e. The molecule has 1 aliphatic rings. The second-order valence-electron chi connectivity index (χ2n) is 11.2. The summed E-state index contributed by atoms with van der Waals surface area (Å²) in [5, 5.41) is 5.03. The van der Waals surface area contributed by atoms with E-state index in [0.29, 0.717) is 23.4 Å². The van der Waals surface area contributed by atoms with Crippen LogP contribution in [0.2, 0.25) is 0 Å². The quantitative estimate of drug-likeness (QED) is 0.315. The van der Waals surface area contributed by atoms with Crippen molar-refractivity contribution in [3.8, 4) is 0 Å². The van der Waals surface area contributed by atoms with E-state index in [2.05, 4.69) is 10.6 Å². The molecule has 0 aliphatic carbocycles. The molecule has 1 saturated heterocycles. The number of hydrogen-bond donors (Lipinski definition) is 2. The highest BCUT2D eigenvalue weighted by Gasteiger charge is 2.43. The number of ether oxygens (including phenoxy) is 2. The number of carbonyl (C=O) groups excluding carboxylic acids is 4. The first kappa shape index (κ1) is 31.6. The number of nitrogens with zero attached hydrogens (tertiary/aromatic N) is 1. The number of anilines is 1. The van der Waals surface area contributed by atoms with Crippen molar-refractivity contribution in [3.63, 3.8) is 0 Å². The van der Waals surface area contributed by atoms with E-state index < -0.39 is 23.6 Å². The normalized spacial score (nSPS) is 16.3. The third-order valence-electron chi connectivity index (χ3n) is 6.49. The third kappa shape index (κ3) is 9.89. The maximum atomic E-state index is 13.4. The first-order valence-corrected chi connectivity index (χ1v) is 15.1. The molecular formula is C33H37N3O6S. The van der Waals surface area contributed by atoms with Gasteiger partial charge in [-0.25, -0.2) is 9.59 Å². The Morgan fingerprint density at radius 1 is 0.884 bits per heavy atom. The van der Waals surface area contributed by atoms with Gasteiger partial charge in [-0.2, -0.15) is 0 Å². The van der Waals surface area contributed by atoms with Gasteiger partial charge in [0.1, 0.15) is 18.2 Å². The van der Waals surface area contributed by atoms with Crippen LogP contribution in [0, 0.1) is 0 Å². The Morgan fingerprint density at radius 2 is 1.53 bits per heavy atom. The van der Waals surface area contributed by atoms with E-state index in [1.807, 2.05) is 60.7 Å². The topological polar surface area (TPSA) is 114 Å². The van der Waals surface area contributed by atoms with Crippen LogP contribution in [0.5, 0.6) is 0 Å². The number of benzene rings is 3. The Labute approximate surface area is 256 Å². The molecule has 226 valence electrons. The minimum Gasteiger partial charge on any atom is -0.461 e. The number of esters is 2. The van der Waals surface area contributed by atoms with Crippen molar-refractivity contribution >= 4 is 41.3 Å². The Balaban J connectivity index is 1.33. The van der Waals surface area contributed by atoms with Gasteiger partial charge in [-0.1, -0.05) is 72.8 Å². The molecule has 43 heavy (non-hydrogen) atoms. The number of hydrogen-bond acceptors (Lipinski definition) is 7. The van der Waals surface area contributed by atoms with Crippen LogP contribution in [0.15, 0.2) is 84.9 Å². The minimum absolute atomic E-state index is 0.0456. The Hall–Kier alpha value is -4.31. The summed E-state index contributed by atoms with van der Waals surface area (Å²) in [4.78, 5) is 53.0. The van der Waals surface area contributed by atoms with Crippen molar-refractivity contribution < 1.29 is 28.7 Å². The van der Waals surface area contributed by atoms with Crippen LogP contribution in [-0.2, 0) is 43.3 Å². The van der Waals surface area contributed by atoms with Crippen LogP contribution in [0.3, 0.4) is 0 Å². The van der Waals surface area contributed by atoms with Crippen molar-refractivity contribution in [1.29, 1.82) is 0 Å². The van der Waals surface area contributed by atoms with E-state index in [0.717, 1.165) is 11.1 Å². The lowest BCUT2D eigenvalue weighted by Crippen LogP contribution is -2.51. The van der Waals surface area contributed by atoms with Gasteiger partial charge in [0, 0.05) is 17.9 Å². The Morgan fingerprint density at radius 3 is 2.21 bits per heavy atom. The highest BCUT2D eigenvalue weighted by atomic mass is 32.2. The van der Waals surface area contributed by atoms with Gasteiger partial charge >= 0.3 is 18.0 Å². The van der Waals surface area contributed by atoms with Crippen molar-refractivity contribution in [3.05, 3.63) is 102 Å². The summed E-state index contributed by atoms with van der Waals surface area (Å²) in [6.07, 6.45) is 0.604. The fraction of sp³-hybridized carbons (Fsp3) is 0.333. The second-order valence-corrected chi connectivity index (χ2v) is 12.4. The van der Waals surface area contributed by atoms with Crippen molar-refractivity contribution in [2.75, 3.05) is 17.6 Å². The molecule has 2 atom stereocenters. The molecule has 0 saturated carbocycles. The van der Waals surface area contributed by atoms with Crippen LogP contribution in [0.25, 0.3) is 0 Å². The van der Waals surface area contributed by atoms with Gasteiger partial charge in [0.2, 0.25) is 5.91 Å². The predicted octanol–water partition coefficient (Wildman–Crippen LogP) is 4.95. The molecular weight excluding hydrogens is 566 g/mol. The van der Waals surface area contributed by atoms with Gasteiger partial charge in [0.25, 0.3) is 0 Å². The fourth-order valence-corrected chi connectivity index (χ4v) is 6.00. The summed E-state index contributed by atoms with van der Waals surface area (Å²) in [6.45, 7) is 5.24. The lowest BCUT2D eigenvalue weighted by atomic mass is 10.1. The van der Waals surface area contributed by atoms with E-state index in [9.17, 15) is 19.2 Å². The van der Waals surface area contributed by atoms with Gasteiger partial charge in [0.15, 0.2) is 0 Å². The highest BCUT2D eigenvalue weighted by Crippen LogP contribution is 2.33. The molecule has 1 fully saturated rings. The van der Waals surface area contributed by atoms with E-state index in [-0.39, 0.29) is 36.8 Å². The first-order chi connectivity index (χ1) is 20.6. The molecule has 1 heterocycles. The number of nitrogens with one attached hydrogen (secondary N) is 2. The van der Waals surface area contributed by atoms with Crippen LogP contribution in [-0.4, -0.2) is 58.1 Å². The molecule has 9 nitrogen and oxygen atoms in total. The van der Waals surface area contributed by atoms with Crippen LogP contribution in [0.1, 0.15) is 37.5 Å².